The van der Waals surface area contributed by atoms with Crippen LogP contribution in [0.2, 0.25) is 0 Å². The van der Waals surface area contributed by atoms with Crippen LogP contribution < -0.4 is 10.6 Å². The molecule has 0 amide bonds. The summed E-state index contributed by atoms with van der Waals surface area (Å²) in [5, 5.41) is 7.10. The van der Waals surface area contributed by atoms with Gasteiger partial charge in [-0.1, -0.05) is 26.2 Å². The Hall–Kier alpha value is -0.0800. The van der Waals surface area contributed by atoms with Crippen molar-refractivity contribution in [3.63, 3.8) is 0 Å². The molecule has 0 radical (unpaired) electrons. The van der Waals surface area contributed by atoms with Crippen LogP contribution in [0.15, 0.2) is 0 Å². The van der Waals surface area contributed by atoms with Gasteiger partial charge in [-0.3, -0.25) is 0 Å². The molecule has 1 rings (SSSR count). The van der Waals surface area contributed by atoms with Gasteiger partial charge < -0.3 is 10.6 Å². The first-order valence-electron chi connectivity index (χ1n) is 6.95. The lowest BCUT2D eigenvalue weighted by atomic mass is 9.80. The Morgan fingerprint density at radius 3 is 2.38 bits per heavy atom. The van der Waals surface area contributed by atoms with Gasteiger partial charge in [-0.15, -0.1) is 0 Å². The molecule has 2 nitrogen and oxygen atoms in total. The lowest BCUT2D eigenvalue weighted by Gasteiger charge is -2.29. The molecule has 0 aromatic heterocycles. The summed E-state index contributed by atoms with van der Waals surface area (Å²) in [6.07, 6.45) is 5.76. The maximum absolute atomic E-state index is 3.60. The zero-order valence-electron chi connectivity index (χ0n) is 11.6. The predicted molar refractivity (Wildman–Crippen MR) is 71.7 cm³/mol. The smallest absolute Gasteiger partial charge is 0.00970 e. The summed E-state index contributed by atoms with van der Waals surface area (Å²) in [5.74, 6) is 1.85. The maximum Gasteiger partial charge on any atom is 0.00970 e. The van der Waals surface area contributed by atoms with Gasteiger partial charge in [0.25, 0.3) is 0 Å². The van der Waals surface area contributed by atoms with E-state index in [2.05, 4.69) is 38.3 Å². The highest BCUT2D eigenvalue weighted by molar-refractivity contribution is 4.75. The lowest BCUT2D eigenvalue weighted by molar-refractivity contribution is 0.247. The normalized spacial score (nSPS) is 27.0. The molecule has 96 valence electrons. The number of hydrogen-bond acceptors (Lipinski definition) is 2. The van der Waals surface area contributed by atoms with Gasteiger partial charge in [0, 0.05) is 18.6 Å². The molecule has 1 aliphatic carbocycles. The molecule has 0 saturated heterocycles. The van der Waals surface area contributed by atoms with Crippen LogP contribution in [0.5, 0.6) is 0 Å². The fourth-order valence-corrected chi connectivity index (χ4v) is 2.51. The van der Waals surface area contributed by atoms with E-state index in [-0.39, 0.29) is 5.54 Å². The third-order valence-electron chi connectivity index (χ3n) is 3.65. The summed E-state index contributed by atoms with van der Waals surface area (Å²) in [5.41, 5.74) is 0.250. The molecule has 0 aromatic rings. The molecule has 2 atom stereocenters. The van der Waals surface area contributed by atoms with Gasteiger partial charge in [-0.2, -0.15) is 0 Å². The van der Waals surface area contributed by atoms with Crippen molar-refractivity contribution >= 4 is 0 Å². The second kappa shape index (κ2) is 6.61. The molecule has 2 heteroatoms. The van der Waals surface area contributed by atoms with Crippen molar-refractivity contribution in [2.45, 2.75) is 58.9 Å². The van der Waals surface area contributed by atoms with E-state index >= 15 is 0 Å². The highest BCUT2D eigenvalue weighted by Crippen LogP contribution is 2.28. The van der Waals surface area contributed by atoms with E-state index < -0.39 is 0 Å². The molecular formula is C14H30N2. The van der Waals surface area contributed by atoms with E-state index in [1.54, 1.807) is 0 Å². The van der Waals surface area contributed by atoms with Crippen molar-refractivity contribution in [1.29, 1.82) is 0 Å². The summed E-state index contributed by atoms with van der Waals surface area (Å²) >= 11 is 0. The Labute approximate surface area is 102 Å². The fourth-order valence-electron chi connectivity index (χ4n) is 2.51. The lowest BCUT2D eigenvalue weighted by Crippen LogP contribution is -2.41. The van der Waals surface area contributed by atoms with E-state index in [1.165, 1.54) is 32.2 Å². The van der Waals surface area contributed by atoms with Gasteiger partial charge in [0.15, 0.2) is 0 Å². The SMILES string of the molecule is CC1CCCCC1CNCCNC(C)(C)C. The minimum atomic E-state index is 0.250. The minimum Gasteiger partial charge on any atom is -0.315 e. The van der Waals surface area contributed by atoms with Crippen molar-refractivity contribution in [2.75, 3.05) is 19.6 Å². The summed E-state index contributed by atoms with van der Waals surface area (Å²) in [7, 11) is 0. The van der Waals surface area contributed by atoms with Crippen LogP contribution in [0.1, 0.15) is 53.4 Å². The monoisotopic (exact) mass is 226 g/mol. The quantitative estimate of drug-likeness (QED) is 0.704. The van der Waals surface area contributed by atoms with E-state index in [1.807, 2.05) is 0 Å². The number of rotatable bonds is 5. The maximum atomic E-state index is 3.60. The predicted octanol–water partition coefficient (Wildman–Crippen LogP) is 2.79. The zero-order chi connectivity index (χ0) is 12.0. The van der Waals surface area contributed by atoms with Gasteiger partial charge in [-0.05, 0) is 45.6 Å². The van der Waals surface area contributed by atoms with E-state index in [9.17, 15) is 0 Å². The summed E-state index contributed by atoms with van der Waals surface area (Å²) in [6, 6.07) is 0. The largest absolute Gasteiger partial charge is 0.315 e. The van der Waals surface area contributed by atoms with Gasteiger partial charge in [0.05, 0.1) is 0 Å². The zero-order valence-corrected chi connectivity index (χ0v) is 11.6. The van der Waals surface area contributed by atoms with Crippen LogP contribution >= 0.6 is 0 Å². The molecule has 1 fully saturated rings. The first kappa shape index (κ1) is 14.0. The highest BCUT2D eigenvalue weighted by atomic mass is 15.0. The summed E-state index contributed by atoms with van der Waals surface area (Å²) < 4.78 is 0. The van der Waals surface area contributed by atoms with Crippen molar-refractivity contribution in [3.8, 4) is 0 Å². The van der Waals surface area contributed by atoms with Gasteiger partial charge in [0.2, 0.25) is 0 Å². The molecule has 1 aliphatic rings. The van der Waals surface area contributed by atoms with Crippen molar-refractivity contribution in [3.05, 3.63) is 0 Å². The van der Waals surface area contributed by atoms with Gasteiger partial charge in [0.1, 0.15) is 0 Å². The Kier molecular flexibility index (Phi) is 5.77. The first-order valence-corrected chi connectivity index (χ1v) is 6.95. The third-order valence-corrected chi connectivity index (χ3v) is 3.65. The minimum absolute atomic E-state index is 0.250. The highest BCUT2D eigenvalue weighted by Gasteiger charge is 2.20. The van der Waals surface area contributed by atoms with Crippen LogP contribution in [-0.2, 0) is 0 Å². The van der Waals surface area contributed by atoms with Crippen molar-refractivity contribution < 1.29 is 0 Å². The van der Waals surface area contributed by atoms with E-state index in [4.69, 9.17) is 0 Å². The Balaban J connectivity index is 2.02. The van der Waals surface area contributed by atoms with E-state index in [0.717, 1.165) is 24.9 Å². The van der Waals surface area contributed by atoms with E-state index in [0.29, 0.717) is 0 Å². The molecule has 0 bridgehead atoms. The average molecular weight is 226 g/mol. The third kappa shape index (κ3) is 5.86. The standard InChI is InChI=1S/C14H30N2/c1-12-7-5-6-8-13(12)11-15-9-10-16-14(2,3)4/h12-13,15-16H,5-11H2,1-4H3. The second-order valence-electron chi connectivity index (χ2n) is 6.40. The fraction of sp³-hybridized carbons (Fsp3) is 1.00. The van der Waals surface area contributed by atoms with Crippen molar-refractivity contribution in [2.24, 2.45) is 11.8 Å². The number of nitrogens with one attached hydrogen (secondary N) is 2. The Morgan fingerprint density at radius 2 is 1.75 bits per heavy atom. The summed E-state index contributed by atoms with van der Waals surface area (Å²) in [4.78, 5) is 0. The molecule has 0 aromatic carbocycles. The van der Waals surface area contributed by atoms with Crippen LogP contribution in [0.3, 0.4) is 0 Å². The summed E-state index contributed by atoms with van der Waals surface area (Å²) in [6.45, 7) is 12.5. The average Bonchev–Trinajstić information content (AvgIpc) is 2.18. The van der Waals surface area contributed by atoms with Crippen LogP contribution in [0.25, 0.3) is 0 Å². The second-order valence-corrected chi connectivity index (χ2v) is 6.40. The Bertz CT molecular complexity index is 184. The topological polar surface area (TPSA) is 24.1 Å². The first-order chi connectivity index (χ1) is 7.49. The molecule has 1 saturated carbocycles. The van der Waals surface area contributed by atoms with Gasteiger partial charge in [-0.25, -0.2) is 0 Å². The molecular weight excluding hydrogens is 196 g/mol. The van der Waals surface area contributed by atoms with Crippen LogP contribution in [0.4, 0.5) is 0 Å². The molecule has 16 heavy (non-hydrogen) atoms. The van der Waals surface area contributed by atoms with Gasteiger partial charge >= 0.3 is 0 Å². The Morgan fingerprint density at radius 1 is 1.06 bits per heavy atom. The van der Waals surface area contributed by atoms with Crippen LogP contribution in [-0.4, -0.2) is 25.2 Å². The van der Waals surface area contributed by atoms with Crippen molar-refractivity contribution in [1.82, 2.24) is 10.6 Å². The molecule has 0 spiro atoms. The molecule has 0 heterocycles. The van der Waals surface area contributed by atoms with Crippen LogP contribution in [0, 0.1) is 11.8 Å². The molecule has 2 unspecified atom stereocenters. The number of hydrogen-bond donors (Lipinski definition) is 2. The molecule has 0 aliphatic heterocycles. The molecule has 2 N–H and O–H groups in total.